The Bertz CT molecular complexity index is 929. The summed E-state index contributed by atoms with van der Waals surface area (Å²) in [5.74, 6) is 1.01. The maximum absolute atomic E-state index is 12.8. The fourth-order valence-electron chi connectivity index (χ4n) is 3.09. The monoisotopic (exact) mass is 368 g/mol. The molecule has 0 bridgehead atoms. The first-order chi connectivity index (χ1) is 12.9. The van der Waals surface area contributed by atoms with Crippen LogP contribution in [0.15, 0.2) is 53.3 Å². The van der Waals surface area contributed by atoms with Crippen molar-refractivity contribution in [3.63, 3.8) is 0 Å². The van der Waals surface area contributed by atoms with Crippen molar-refractivity contribution >= 4 is 17.1 Å². The van der Waals surface area contributed by atoms with Crippen molar-refractivity contribution < 1.29 is 28.7 Å². The summed E-state index contributed by atoms with van der Waals surface area (Å²) >= 11 is 0. The number of allylic oxidation sites excluding steroid dienone is 7. The normalized spacial score (nSPS) is 15.9. The smallest absolute Gasteiger partial charge is 0.203 e. The molecule has 2 aliphatic carbocycles. The van der Waals surface area contributed by atoms with Gasteiger partial charge in [0.2, 0.25) is 11.5 Å². The number of carbonyl (C=O) groups excluding carboxylic acids is 1. The van der Waals surface area contributed by atoms with Crippen LogP contribution in [0, 0.1) is 0 Å². The zero-order chi connectivity index (χ0) is 19.7. The summed E-state index contributed by atoms with van der Waals surface area (Å²) in [4.78, 5) is 12.8. The van der Waals surface area contributed by atoms with Gasteiger partial charge in [0.25, 0.3) is 0 Å². The predicted octanol–water partition coefficient (Wildman–Crippen LogP) is 2.70. The number of aliphatic hydroxyl groups is 1. The molecule has 0 amide bonds. The van der Waals surface area contributed by atoms with Crippen LogP contribution >= 0.6 is 0 Å². The molecule has 140 valence electrons. The minimum Gasteiger partial charge on any atom is -0.506 e. The van der Waals surface area contributed by atoms with Crippen molar-refractivity contribution in [3.05, 3.63) is 58.9 Å². The lowest BCUT2D eigenvalue weighted by molar-refractivity contribution is -0.462. The van der Waals surface area contributed by atoms with Crippen LogP contribution < -0.4 is 14.2 Å². The van der Waals surface area contributed by atoms with Crippen molar-refractivity contribution in [3.8, 4) is 17.2 Å². The standard InChI is InChI=1S/C21H21NO5/c1-22(2)14-8-6-12(7-9-14)17-19(23)18(20(17)24)13-10-15(25-3)21(27-5)16(11-13)26-4/h6-11H,1-5H3/p+1. The highest BCUT2D eigenvalue weighted by atomic mass is 16.5. The molecule has 2 aliphatic rings. The van der Waals surface area contributed by atoms with Gasteiger partial charge < -0.3 is 19.3 Å². The summed E-state index contributed by atoms with van der Waals surface area (Å²) in [5.41, 5.74) is 2.75. The maximum Gasteiger partial charge on any atom is 0.203 e. The third-order valence-electron chi connectivity index (χ3n) is 4.55. The van der Waals surface area contributed by atoms with Gasteiger partial charge in [-0.2, -0.15) is 0 Å². The second-order valence-electron chi connectivity index (χ2n) is 6.28. The number of aliphatic hydroxyl groups excluding tert-OH is 1. The molecule has 0 atom stereocenters. The SMILES string of the molecule is COc1cc(C2=C(O)C(=C3C=CC(=[N+](C)C)C=C3)C2=O)cc(OC)c1OC. The first-order valence-corrected chi connectivity index (χ1v) is 8.36. The number of carbonyl (C=O) groups is 1. The van der Waals surface area contributed by atoms with Gasteiger partial charge in [0.1, 0.15) is 19.9 Å². The van der Waals surface area contributed by atoms with E-state index in [4.69, 9.17) is 14.2 Å². The highest BCUT2D eigenvalue weighted by Gasteiger charge is 2.37. The van der Waals surface area contributed by atoms with E-state index in [9.17, 15) is 9.90 Å². The number of hydrogen-bond acceptors (Lipinski definition) is 5. The first kappa shape index (κ1) is 18.5. The number of rotatable bonds is 4. The molecule has 0 aromatic heterocycles. The van der Waals surface area contributed by atoms with Crippen LogP contribution in [0.1, 0.15) is 5.56 Å². The Morgan fingerprint density at radius 1 is 0.852 bits per heavy atom. The van der Waals surface area contributed by atoms with E-state index in [-0.39, 0.29) is 17.1 Å². The maximum atomic E-state index is 12.8. The van der Waals surface area contributed by atoms with E-state index in [2.05, 4.69) is 0 Å². The average molecular weight is 368 g/mol. The molecule has 1 N–H and O–H groups in total. The molecule has 0 unspecified atom stereocenters. The quantitative estimate of drug-likeness (QED) is 0.654. The van der Waals surface area contributed by atoms with Gasteiger partial charge in [-0.25, -0.2) is 4.58 Å². The largest absolute Gasteiger partial charge is 0.506 e. The molecule has 0 fully saturated rings. The third-order valence-corrected chi connectivity index (χ3v) is 4.55. The zero-order valence-electron chi connectivity index (χ0n) is 16.0. The molecule has 1 aromatic carbocycles. The molecule has 0 spiro atoms. The minimum atomic E-state index is -0.223. The Morgan fingerprint density at radius 3 is 1.81 bits per heavy atom. The van der Waals surface area contributed by atoms with Crippen LogP contribution in [-0.2, 0) is 4.79 Å². The molecule has 6 heteroatoms. The summed E-state index contributed by atoms with van der Waals surface area (Å²) in [6.45, 7) is 0. The Kier molecular flexibility index (Phi) is 4.90. The van der Waals surface area contributed by atoms with Crippen molar-refractivity contribution in [1.29, 1.82) is 0 Å². The fourth-order valence-corrected chi connectivity index (χ4v) is 3.09. The van der Waals surface area contributed by atoms with E-state index >= 15 is 0 Å². The average Bonchev–Trinajstić information content (AvgIpc) is 2.67. The van der Waals surface area contributed by atoms with Crippen LogP contribution in [0.4, 0.5) is 0 Å². The first-order valence-electron chi connectivity index (χ1n) is 8.36. The number of ketones is 1. The van der Waals surface area contributed by atoms with E-state index in [0.29, 0.717) is 34.0 Å². The Labute approximate surface area is 158 Å². The van der Waals surface area contributed by atoms with Crippen molar-refractivity contribution in [2.45, 2.75) is 0 Å². The van der Waals surface area contributed by atoms with Gasteiger partial charge in [0.05, 0.1) is 32.5 Å². The van der Waals surface area contributed by atoms with Crippen LogP contribution in [0.25, 0.3) is 5.57 Å². The molecule has 3 rings (SSSR count). The molecule has 0 radical (unpaired) electrons. The summed E-state index contributed by atoms with van der Waals surface area (Å²) < 4.78 is 17.9. The molecule has 0 saturated carbocycles. The Morgan fingerprint density at radius 2 is 1.41 bits per heavy atom. The van der Waals surface area contributed by atoms with Crippen LogP contribution in [0.3, 0.4) is 0 Å². The van der Waals surface area contributed by atoms with Gasteiger partial charge >= 0.3 is 0 Å². The van der Waals surface area contributed by atoms with Crippen molar-refractivity contribution in [2.24, 2.45) is 0 Å². The molecular formula is C21H22NO5+. The summed E-state index contributed by atoms with van der Waals surface area (Å²) in [5, 5.41) is 10.6. The number of nitrogens with zero attached hydrogens (tertiary/aromatic N) is 1. The Hall–Kier alpha value is -3.28. The van der Waals surface area contributed by atoms with Gasteiger partial charge in [0.15, 0.2) is 17.2 Å². The predicted molar refractivity (Wildman–Crippen MR) is 103 cm³/mol. The lowest BCUT2D eigenvalue weighted by atomic mass is 9.80. The van der Waals surface area contributed by atoms with Gasteiger partial charge in [-0.1, -0.05) is 0 Å². The molecule has 0 saturated heterocycles. The number of Topliss-reactive ketones (excluding diaryl/α,β-unsaturated/α-hetero) is 1. The van der Waals surface area contributed by atoms with Crippen molar-refractivity contribution in [2.75, 3.05) is 35.4 Å². The van der Waals surface area contributed by atoms with Crippen LogP contribution in [-0.4, -0.2) is 56.6 Å². The molecule has 27 heavy (non-hydrogen) atoms. The molecule has 0 aliphatic heterocycles. The van der Waals surface area contributed by atoms with Gasteiger partial charge in [-0.15, -0.1) is 0 Å². The fraction of sp³-hybridized carbons (Fsp3) is 0.238. The summed E-state index contributed by atoms with van der Waals surface area (Å²) in [6.07, 6.45) is 7.45. The van der Waals surface area contributed by atoms with Crippen LogP contribution in [0.2, 0.25) is 0 Å². The number of benzene rings is 1. The number of hydrogen-bond donors (Lipinski definition) is 1. The van der Waals surface area contributed by atoms with E-state index in [1.54, 1.807) is 12.1 Å². The highest BCUT2D eigenvalue weighted by molar-refractivity contribution is 6.39. The van der Waals surface area contributed by atoms with Gasteiger partial charge in [0, 0.05) is 12.2 Å². The van der Waals surface area contributed by atoms with Gasteiger partial charge in [-0.05, 0) is 35.4 Å². The van der Waals surface area contributed by atoms with Gasteiger partial charge in [-0.3, -0.25) is 4.79 Å². The minimum absolute atomic E-state index is 0.0353. The third kappa shape index (κ3) is 3.03. The van der Waals surface area contributed by atoms with E-state index in [1.807, 2.05) is 43.0 Å². The van der Waals surface area contributed by atoms with E-state index < -0.39 is 0 Å². The highest BCUT2D eigenvalue weighted by Crippen LogP contribution is 2.45. The second-order valence-corrected chi connectivity index (χ2v) is 6.28. The van der Waals surface area contributed by atoms with E-state index in [1.165, 1.54) is 21.3 Å². The summed E-state index contributed by atoms with van der Waals surface area (Å²) in [6, 6.07) is 3.30. The molecule has 1 aromatic rings. The number of ether oxygens (including phenoxy) is 3. The zero-order valence-corrected chi connectivity index (χ0v) is 16.0. The lowest BCUT2D eigenvalue weighted by Gasteiger charge is -2.24. The van der Waals surface area contributed by atoms with Crippen molar-refractivity contribution in [1.82, 2.24) is 0 Å². The number of methoxy groups -OCH3 is 3. The topological polar surface area (TPSA) is 68.0 Å². The summed E-state index contributed by atoms with van der Waals surface area (Å²) in [7, 11) is 8.39. The molecule has 0 heterocycles. The van der Waals surface area contributed by atoms with E-state index in [0.717, 1.165) is 5.71 Å². The molecule has 6 nitrogen and oxygen atoms in total. The molecular weight excluding hydrogens is 346 g/mol. The Balaban J connectivity index is 2.07. The lowest BCUT2D eigenvalue weighted by Crippen LogP contribution is -2.23. The van der Waals surface area contributed by atoms with Crippen LogP contribution in [0.5, 0.6) is 17.2 Å². The second kappa shape index (κ2) is 7.15.